The highest BCUT2D eigenvalue weighted by molar-refractivity contribution is 9.10. The van der Waals surface area contributed by atoms with Crippen LogP contribution in [0, 0.1) is 6.92 Å². The molecule has 116 valence electrons. The summed E-state index contributed by atoms with van der Waals surface area (Å²) in [5, 5.41) is 6.84. The molecule has 21 heavy (non-hydrogen) atoms. The zero-order chi connectivity index (χ0) is 15.8. The van der Waals surface area contributed by atoms with Gasteiger partial charge in [0.05, 0.1) is 5.56 Å². The molecule has 0 aromatic heterocycles. The highest BCUT2D eigenvalue weighted by Gasteiger charge is 2.38. The number of hydrogen-bond donors (Lipinski definition) is 2. The number of piperidine rings is 1. The second-order valence-electron chi connectivity index (χ2n) is 7.45. The Morgan fingerprint density at radius 1 is 1.24 bits per heavy atom. The van der Waals surface area contributed by atoms with E-state index in [1.807, 2.05) is 25.1 Å². The molecule has 3 nitrogen and oxygen atoms in total. The van der Waals surface area contributed by atoms with Gasteiger partial charge in [0.1, 0.15) is 0 Å². The highest BCUT2D eigenvalue weighted by Crippen LogP contribution is 2.29. The van der Waals surface area contributed by atoms with Crippen LogP contribution in [-0.4, -0.2) is 23.0 Å². The molecule has 0 bridgehead atoms. The molecule has 0 unspecified atom stereocenters. The zero-order valence-corrected chi connectivity index (χ0v) is 15.1. The molecule has 2 N–H and O–H groups in total. The standard InChI is InChI=1S/C17H25BrN2O/c1-11-6-7-14(18)13(8-11)15(21)19-12-9-16(2,3)20-17(4,5)10-12/h6-8,12,20H,9-10H2,1-5H3,(H,19,21). The summed E-state index contributed by atoms with van der Waals surface area (Å²) >= 11 is 3.47. The monoisotopic (exact) mass is 352 g/mol. The molecular formula is C17H25BrN2O. The molecular weight excluding hydrogens is 328 g/mol. The predicted molar refractivity (Wildman–Crippen MR) is 90.7 cm³/mol. The van der Waals surface area contributed by atoms with Crippen LogP contribution >= 0.6 is 15.9 Å². The van der Waals surface area contributed by atoms with E-state index >= 15 is 0 Å². The van der Waals surface area contributed by atoms with E-state index in [-0.39, 0.29) is 23.0 Å². The van der Waals surface area contributed by atoms with Gasteiger partial charge in [-0.3, -0.25) is 4.79 Å². The Hall–Kier alpha value is -0.870. The first-order valence-electron chi connectivity index (χ1n) is 7.44. The Morgan fingerprint density at radius 2 is 1.81 bits per heavy atom. The molecule has 1 aromatic carbocycles. The van der Waals surface area contributed by atoms with E-state index in [0.29, 0.717) is 5.56 Å². The number of amides is 1. The van der Waals surface area contributed by atoms with Crippen molar-refractivity contribution in [2.45, 2.75) is 64.6 Å². The third-order valence-electron chi connectivity index (χ3n) is 3.89. The minimum absolute atomic E-state index is 0.00377. The molecule has 2 rings (SSSR count). The average Bonchev–Trinajstić information content (AvgIpc) is 2.27. The maximum atomic E-state index is 12.5. The topological polar surface area (TPSA) is 41.1 Å². The summed E-state index contributed by atoms with van der Waals surface area (Å²) in [4.78, 5) is 12.5. The highest BCUT2D eigenvalue weighted by atomic mass is 79.9. The Labute approximate surface area is 136 Å². The van der Waals surface area contributed by atoms with Crippen LogP contribution in [-0.2, 0) is 0 Å². The summed E-state index contributed by atoms with van der Waals surface area (Å²) in [7, 11) is 0. The van der Waals surface area contributed by atoms with Crippen molar-refractivity contribution in [2.24, 2.45) is 0 Å². The summed E-state index contributed by atoms with van der Waals surface area (Å²) in [6.45, 7) is 10.8. The van der Waals surface area contributed by atoms with Gasteiger partial charge in [0, 0.05) is 21.6 Å². The molecule has 1 aliphatic heterocycles. The van der Waals surface area contributed by atoms with Crippen molar-refractivity contribution in [3.8, 4) is 0 Å². The van der Waals surface area contributed by atoms with Gasteiger partial charge in [0.15, 0.2) is 0 Å². The van der Waals surface area contributed by atoms with Crippen LogP contribution < -0.4 is 10.6 Å². The summed E-state index contributed by atoms with van der Waals surface area (Å²) in [5.41, 5.74) is 1.87. The largest absolute Gasteiger partial charge is 0.349 e. The fourth-order valence-corrected chi connectivity index (χ4v) is 3.93. The maximum absolute atomic E-state index is 12.5. The minimum Gasteiger partial charge on any atom is -0.349 e. The molecule has 1 aromatic rings. The van der Waals surface area contributed by atoms with Crippen LogP contribution in [0.4, 0.5) is 0 Å². The summed E-state index contributed by atoms with van der Waals surface area (Å²) in [6.07, 6.45) is 1.87. The first-order chi connectivity index (χ1) is 9.58. The lowest BCUT2D eigenvalue weighted by atomic mass is 9.79. The number of carbonyl (C=O) groups is 1. The molecule has 0 aliphatic carbocycles. The molecule has 0 saturated carbocycles. The number of carbonyl (C=O) groups excluding carboxylic acids is 1. The van der Waals surface area contributed by atoms with Crippen molar-refractivity contribution >= 4 is 21.8 Å². The number of hydrogen-bond acceptors (Lipinski definition) is 2. The Kier molecular flexibility index (Phi) is 4.50. The van der Waals surface area contributed by atoms with Crippen LogP contribution in [0.3, 0.4) is 0 Å². The lowest BCUT2D eigenvalue weighted by Crippen LogP contribution is -2.62. The smallest absolute Gasteiger partial charge is 0.252 e. The van der Waals surface area contributed by atoms with Gasteiger partial charge >= 0.3 is 0 Å². The number of rotatable bonds is 2. The van der Waals surface area contributed by atoms with Gasteiger partial charge in [-0.25, -0.2) is 0 Å². The minimum atomic E-state index is 0.00377. The molecule has 1 saturated heterocycles. The van der Waals surface area contributed by atoms with E-state index in [0.717, 1.165) is 22.9 Å². The van der Waals surface area contributed by atoms with Crippen molar-refractivity contribution in [1.82, 2.24) is 10.6 Å². The van der Waals surface area contributed by atoms with Gasteiger partial charge in [-0.1, -0.05) is 11.6 Å². The number of aryl methyl sites for hydroxylation is 1. The van der Waals surface area contributed by atoms with Crippen molar-refractivity contribution in [2.75, 3.05) is 0 Å². The first kappa shape index (κ1) is 16.5. The molecule has 1 heterocycles. The van der Waals surface area contributed by atoms with Gasteiger partial charge in [0.2, 0.25) is 0 Å². The Bertz CT molecular complexity index is 536. The molecule has 0 radical (unpaired) electrons. The Balaban J connectivity index is 2.14. The van der Waals surface area contributed by atoms with Crippen LogP contribution in [0.5, 0.6) is 0 Å². The van der Waals surface area contributed by atoms with E-state index in [9.17, 15) is 4.79 Å². The van der Waals surface area contributed by atoms with E-state index < -0.39 is 0 Å². The third-order valence-corrected chi connectivity index (χ3v) is 4.58. The Morgan fingerprint density at radius 3 is 2.38 bits per heavy atom. The van der Waals surface area contributed by atoms with Gasteiger partial charge in [-0.15, -0.1) is 0 Å². The van der Waals surface area contributed by atoms with Gasteiger partial charge in [-0.05, 0) is 75.5 Å². The predicted octanol–water partition coefficient (Wildman–Crippen LogP) is 3.80. The van der Waals surface area contributed by atoms with Crippen LogP contribution in [0.1, 0.15) is 56.5 Å². The van der Waals surface area contributed by atoms with Crippen LogP contribution in [0.2, 0.25) is 0 Å². The first-order valence-corrected chi connectivity index (χ1v) is 8.24. The SMILES string of the molecule is Cc1ccc(Br)c(C(=O)NC2CC(C)(C)NC(C)(C)C2)c1. The molecule has 1 aliphatic rings. The number of benzene rings is 1. The molecule has 0 atom stereocenters. The van der Waals surface area contributed by atoms with E-state index in [1.165, 1.54) is 0 Å². The fourth-order valence-electron chi connectivity index (χ4n) is 3.50. The van der Waals surface area contributed by atoms with Crippen molar-refractivity contribution in [3.05, 3.63) is 33.8 Å². The van der Waals surface area contributed by atoms with Crippen LogP contribution in [0.15, 0.2) is 22.7 Å². The number of nitrogens with one attached hydrogen (secondary N) is 2. The summed E-state index contributed by atoms with van der Waals surface area (Å²) in [6, 6.07) is 6.05. The van der Waals surface area contributed by atoms with E-state index in [1.54, 1.807) is 0 Å². The van der Waals surface area contributed by atoms with Crippen molar-refractivity contribution in [1.29, 1.82) is 0 Å². The third kappa shape index (κ3) is 4.30. The lowest BCUT2D eigenvalue weighted by Gasteiger charge is -2.46. The average molecular weight is 353 g/mol. The second kappa shape index (κ2) is 5.73. The second-order valence-corrected chi connectivity index (χ2v) is 8.31. The number of halogens is 1. The van der Waals surface area contributed by atoms with Gasteiger partial charge < -0.3 is 10.6 Å². The van der Waals surface area contributed by atoms with Crippen LogP contribution in [0.25, 0.3) is 0 Å². The summed E-state index contributed by atoms with van der Waals surface area (Å²) in [5.74, 6) is 0.00377. The normalized spacial score (nSPS) is 21.0. The fraction of sp³-hybridized carbons (Fsp3) is 0.588. The van der Waals surface area contributed by atoms with Crippen molar-refractivity contribution in [3.63, 3.8) is 0 Å². The molecule has 0 spiro atoms. The zero-order valence-electron chi connectivity index (χ0n) is 13.5. The summed E-state index contributed by atoms with van der Waals surface area (Å²) < 4.78 is 0.845. The molecule has 4 heteroatoms. The molecule has 1 fully saturated rings. The maximum Gasteiger partial charge on any atom is 0.252 e. The quantitative estimate of drug-likeness (QED) is 0.849. The lowest BCUT2D eigenvalue weighted by molar-refractivity contribution is 0.0872. The van der Waals surface area contributed by atoms with Gasteiger partial charge in [0.25, 0.3) is 5.91 Å². The van der Waals surface area contributed by atoms with Crippen molar-refractivity contribution < 1.29 is 4.79 Å². The van der Waals surface area contributed by atoms with E-state index in [4.69, 9.17) is 0 Å². The van der Waals surface area contributed by atoms with Gasteiger partial charge in [-0.2, -0.15) is 0 Å². The molecule has 1 amide bonds. The van der Waals surface area contributed by atoms with E-state index in [2.05, 4.69) is 54.3 Å².